The Kier molecular flexibility index (Phi) is 5.49. The highest BCUT2D eigenvalue weighted by Gasteiger charge is 2.27. The molecule has 0 spiro atoms. The molecular weight excluding hydrogens is 198 g/mol. The number of aliphatic hydroxyl groups is 1. The molecule has 0 saturated carbocycles. The van der Waals surface area contributed by atoms with Crippen LogP contribution in [0, 0.1) is 0 Å². The highest BCUT2D eigenvalue weighted by molar-refractivity contribution is 4.77. The Labute approximate surface area is 90.9 Å². The Morgan fingerprint density at radius 1 is 1.47 bits per heavy atom. The lowest BCUT2D eigenvalue weighted by Gasteiger charge is -2.38. The number of ether oxygens (including phenoxy) is 3. The minimum Gasteiger partial charge on any atom is -0.394 e. The van der Waals surface area contributed by atoms with E-state index in [0.29, 0.717) is 19.2 Å². The molecule has 0 bridgehead atoms. The Balaban J connectivity index is 2.43. The number of hydrogen-bond acceptors (Lipinski definition) is 5. The summed E-state index contributed by atoms with van der Waals surface area (Å²) in [6.07, 6.45) is -0.305. The third-order valence-electron chi connectivity index (χ3n) is 2.75. The molecule has 1 heterocycles. The Morgan fingerprint density at radius 2 is 2.13 bits per heavy atom. The third-order valence-corrected chi connectivity index (χ3v) is 2.75. The van der Waals surface area contributed by atoms with Gasteiger partial charge in [-0.25, -0.2) is 0 Å². The molecule has 0 aromatic carbocycles. The van der Waals surface area contributed by atoms with E-state index < -0.39 is 0 Å². The molecule has 1 aliphatic heterocycles. The van der Waals surface area contributed by atoms with Crippen molar-refractivity contribution < 1.29 is 19.3 Å². The fraction of sp³-hybridized carbons (Fsp3) is 1.00. The van der Waals surface area contributed by atoms with Crippen molar-refractivity contribution in [3.8, 4) is 0 Å². The first-order chi connectivity index (χ1) is 7.21. The largest absolute Gasteiger partial charge is 0.394 e. The molecule has 0 amide bonds. The zero-order valence-corrected chi connectivity index (χ0v) is 9.68. The quantitative estimate of drug-likeness (QED) is 0.643. The fourth-order valence-electron chi connectivity index (χ4n) is 1.68. The summed E-state index contributed by atoms with van der Waals surface area (Å²) in [5.74, 6) is 0. The van der Waals surface area contributed by atoms with Gasteiger partial charge in [-0.3, -0.25) is 4.90 Å². The van der Waals surface area contributed by atoms with Gasteiger partial charge in [0, 0.05) is 33.4 Å². The molecule has 15 heavy (non-hydrogen) atoms. The van der Waals surface area contributed by atoms with Gasteiger partial charge in [0.2, 0.25) is 0 Å². The van der Waals surface area contributed by atoms with Gasteiger partial charge in [0.05, 0.1) is 19.3 Å². The summed E-state index contributed by atoms with van der Waals surface area (Å²) in [7, 11) is 3.26. The van der Waals surface area contributed by atoms with Crippen molar-refractivity contribution in [2.45, 2.75) is 25.4 Å². The van der Waals surface area contributed by atoms with Gasteiger partial charge in [0.25, 0.3) is 0 Å². The lowest BCUT2D eigenvalue weighted by atomic mass is 10.2. The predicted molar refractivity (Wildman–Crippen MR) is 55.7 cm³/mol. The van der Waals surface area contributed by atoms with Crippen molar-refractivity contribution in [2.24, 2.45) is 0 Å². The van der Waals surface area contributed by atoms with Gasteiger partial charge >= 0.3 is 0 Å². The molecule has 0 aromatic rings. The standard InChI is InChI=1S/C10H21NO4/c1-8-7-15-9(6-12)4-11(8)5-10(13-2)14-3/h8-10,12H,4-7H2,1-3H3. The second-order valence-corrected chi connectivity index (χ2v) is 3.84. The Bertz CT molecular complexity index is 175. The van der Waals surface area contributed by atoms with Crippen molar-refractivity contribution in [3.05, 3.63) is 0 Å². The van der Waals surface area contributed by atoms with Crippen LogP contribution < -0.4 is 0 Å². The monoisotopic (exact) mass is 219 g/mol. The van der Waals surface area contributed by atoms with Crippen molar-refractivity contribution in [3.63, 3.8) is 0 Å². The summed E-state index contributed by atoms with van der Waals surface area (Å²) < 4.78 is 15.7. The number of methoxy groups -OCH3 is 2. The van der Waals surface area contributed by atoms with Crippen LogP contribution in [0.4, 0.5) is 0 Å². The fourth-order valence-corrected chi connectivity index (χ4v) is 1.68. The van der Waals surface area contributed by atoms with Gasteiger partial charge in [-0.2, -0.15) is 0 Å². The van der Waals surface area contributed by atoms with Crippen LogP contribution in [-0.2, 0) is 14.2 Å². The van der Waals surface area contributed by atoms with Gasteiger partial charge in [-0.05, 0) is 6.92 Å². The maximum atomic E-state index is 9.03. The van der Waals surface area contributed by atoms with E-state index in [1.807, 2.05) is 0 Å². The maximum Gasteiger partial charge on any atom is 0.169 e. The molecule has 90 valence electrons. The smallest absolute Gasteiger partial charge is 0.169 e. The first-order valence-electron chi connectivity index (χ1n) is 5.23. The predicted octanol–water partition coefficient (Wildman–Crippen LogP) is -0.313. The Morgan fingerprint density at radius 3 is 2.67 bits per heavy atom. The summed E-state index contributed by atoms with van der Waals surface area (Å²) in [5.41, 5.74) is 0. The van der Waals surface area contributed by atoms with E-state index in [-0.39, 0.29) is 19.0 Å². The number of rotatable bonds is 5. The van der Waals surface area contributed by atoms with Crippen molar-refractivity contribution in [1.29, 1.82) is 0 Å². The van der Waals surface area contributed by atoms with E-state index in [4.69, 9.17) is 19.3 Å². The number of morpholine rings is 1. The molecule has 5 nitrogen and oxygen atoms in total. The zero-order chi connectivity index (χ0) is 11.3. The van der Waals surface area contributed by atoms with E-state index >= 15 is 0 Å². The molecule has 5 heteroatoms. The van der Waals surface area contributed by atoms with Gasteiger partial charge in [-0.1, -0.05) is 0 Å². The highest BCUT2D eigenvalue weighted by Crippen LogP contribution is 2.12. The molecule has 1 fully saturated rings. The van der Waals surface area contributed by atoms with Crippen LogP contribution in [0.15, 0.2) is 0 Å². The molecule has 1 rings (SSSR count). The van der Waals surface area contributed by atoms with E-state index in [1.165, 1.54) is 0 Å². The summed E-state index contributed by atoms with van der Waals surface area (Å²) >= 11 is 0. The highest BCUT2D eigenvalue weighted by atomic mass is 16.7. The molecule has 1 saturated heterocycles. The number of nitrogens with zero attached hydrogens (tertiary/aromatic N) is 1. The van der Waals surface area contributed by atoms with Crippen LogP contribution in [0.1, 0.15) is 6.92 Å². The van der Waals surface area contributed by atoms with Crippen LogP contribution in [0.3, 0.4) is 0 Å². The average Bonchev–Trinajstić information content (AvgIpc) is 2.28. The van der Waals surface area contributed by atoms with E-state index in [9.17, 15) is 0 Å². The van der Waals surface area contributed by atoms with E-state index in [2.05, 4.69) is 11.8 Å². The molecule has 0 aromatic heterocycles. The van der Waals surface area contributed by atoms with Crippen molar-refractivity contribution in [1.82, 2.24) is 4.90 Å². The molecular formula is C10H21NO4. The van der Waals surface area contributed by atoms with Crippen LogP contribution in [0.25, 0.3) is 0 Å². The van der Waals surface area contributed by atoms with Gasteiger partial charge < -0.3 is 19.3 Å². The molecule has 2 atom stereocenters. The second-order valence-electron chi connectivity index (χ2n) is 3.84. The third kappa shape index (κ3) is 3.70. The first-order valence-corrected chi connectivity index (χ1v) is 5.23. The number of hydrogen-bond donors (Lipinski definition) is 1. The molecule has 0 radical (unpaired) electrons. The zero-order valence-electron chi connectivity index (χ0n) is 9.68. The van der Waals surface area contributed by atoms with Gasteiger partial charge in [-0.15, -0.1) is 0 Å². The summed E-state index contributed by atoms with van der Waals surface area (Å²) in [4.78, 5) is 2.21. The van der Waals surface area contributed by atoms with E-state index in [1.54, 1.807) is 14.2 Å². The molecule has 2 unspecified atom stereocenters. The molecule has 1 aliphatic rings. The maximum absolute atomic E-state index is 9.03. The van der Waals surface area contributed by atoms with Gasteiger partial charge in [0.1, 0.15) is 0 Å². The topological polar surface area (TPSA) is 51.2 Å². The molecule has 1 N–H and O–H groups in total. The Hall–Kier alpha value is -0.200. The molecule has 0 aliphatic carbocycles. The van der Waals surface area contributed by atoms with Crippen LogP contribution in [0.5, 0.6) is 0 Å². The second kappa shape index (κ2) is 6.40. The van der Waals surface area contributed by atoms with Crippen molar-refractivity contribution in [2.75, 3.05) is 40.5 Å². The summed E-state index contributed by atoms with van der Waals surface area (Å²) in [6, 6.07) is 0.334. The van der Waals surface area contributed by atoms with Crippen LogP contribution in [-0.4, -0.2) is 69.0 Å². The van der Waals surface area contributed by atoms with Crippen molar-refractivity contribution >= 4 is 0 Å². The van der Waals surface area contributed by atoms with Gasteiger partial charge in [0.15, 0.2) is 6.29 Å². The number of aliphatic hydroxyl groups excluding tert-OH is 1. The minimum absolute atomic E-state index is 0.0633. The lowest BCUT2D eigenvalue weighted by molar-refractivity contribution is -0.145. The SMILES string of the molecule is COC(CN1CC(CO)OCC1C)OC. The van der Waals surface area contributed by atoms with Crippen LogP contribution >= 0.6 is 0 Å². The summed E-state index contributed by atoms with van der Waals surface area (Å²) in [5, 5.41) is 9.03. The first kappa shape index (κ1) is 12.9. The average molecular weight is 219 g/mol. The van der Waals surface area contributed by atoms with Crippen LogP contribution in [0.2, 0.25) is 0 Å². The lowest BCUT2D eigenvalue weighted by Crippen LogP contribution is -2.52. The summed E-state index contributed by atoms with van der Waals surface area (Å²) in [6.45, 7) is 4.23. The van der Waals surface area contributed by atoms with E-state index in [0.717, 1.165) is 6.54 Å². The normalized spacial score (nSPS) is 28.6. The minimum atomic E-state index is -0.218.